The molecule has 114 valence electrons. The molecule has 4 nitrogen and oxygen atoms in total. The van der Waals surface area contributed by atoms with Crippen LogP contribution in [-0.2, 0) is 4.89 Å². The lowest BCUT2D eigenvalue weighted by Gasteiger charge is -2.15. The zero-order chi connectivity index (χ0) is 15.7. The summed E-state index contributed by atoms with van der Waals surface area (Å²) in [5, 5.41) is 0. The fourth-order valence-electron chi connectivity index (χ4n) is 1.72. The standard InChI is InChI=1S/C17H22O4/c1-5-7-15(10-13(3)4)20-21-16-9-8-14(12-18)11-17(16)19-6-2/h5,8-12,15H,1,6-7H2,2-4H3. The molecule has 1 atom stereocenters. The summed E-state index contributed by atoms with van der Waals surface area (Å²) in [7, 11) is 0. The highest BCUT2D eigenvalue weighted by molar-refractivity contribution is 5.76. The molecule has 4 heteroatoms. The molecule has 0 aromatic heterocycles. The predicted molar refractivity (Wildman–Crippen MR) is 82.7 cm³/mol. The van der Waals surface area contributed by atoms with Crippen molar-refractivity contribution in [1.82, 2.24) is 0 Å². The van der Waals surface area contributed by atoms with Gasteiger partial charge in [0.1, 0.15) is 12.4 Å². The molecule has 0 aliphatic rings. The van der Waals surface area contributed by atoms with Gasteiger partial charge in [-0.2, -0.15) is 4.89 Å². The van der Waals surface area contributed by atoms with Gasteiger partial charge in [-0.3, -0.25) is 4.79 Å². The summed E-state index contributed by atoms with van der Waals surface area (Å²) in [5.41, 5.74) is 1.66. The van der Waals surface area contributed by atoms with Gasteiger partial charge in [0.05, 0.1) is 6.61 Å². The van der Waals surface area contributed by atoms with Crippen LogP contribution < -0.4 is 9.62 Å². The van der Waals surface area contributed by atoms with Crippen LogP contribution in [0.2, 0.25) is 0 Å². The molecule has 0 N–H and O–H groups in total. The van der Waals surface area contributed by atoms with E-state index < -0.39 is 0 Å². The third kappa shape index (κ3) is 5.83. The van der Waals surface area contributed by atoms with E-state index in [1.54, 1.807) is 24.3 Å². The van der Waals surface area contributed by atoms with Gasteiger partial charge in [-0.1, -0.05) is 17.7 Å². The largest absolute Gasteiger partial charge is 0.490 e. The number of ether oxygens (including phenoxy) is 1. The number of hydrogen-bond acceptors (Lipinski definition) is 4. The van der Waals surface area contributed by atoms with Gasteiger partial charge < -0.3 is 9.62 Å². The molecule has 0 radical (unpaired) electrons. The van der Waals surface area contributed by atoms with E-state index in [2.05, 4.69) is 6.58 Å². The fraction of sp³-hybridized carbons (Fsp3) is 0.353. The lowest BCUT2D eigenvalue weighted by Crippen LogP contribution is -2.13. The van der Waals surface area contributed by atoms with Crippen LogP contribution in [0.25, 0.3) is 0 Å². The minimum Gasteiger partial charge on any atom is -0.490 e. The summed E-state index contributed by atoms with van der Waals surface area (Å²) in [6.45, 7) is 10.0. The van der Waals surface area contributed by atoms with Crippen LogP contribution in [0.15, 0.2) is 42.5 Å². The van der Waals surface area contributed by atoms with Gasteiger partial charge in [-0.15, -0.1) is 6.58 Å². The van der Waals surface area contributed by atoms with Gasteiger partial charge >= 0.3 is 0 Å². The molecule has 0 bridgehead atoms. The van der Waals surface area contributed by atoms with E-state index in [9.17, 15) is 4.79 Å². The SMILES string of the molecule is C=CCC(C=C(C)C)OOc1ccc(C=O)cc1OCC. The maximum atomic E-state index is 10.8. The smallest absolute Gasteiger partial charge is 0.207 e. The van der Waals surface area contributed by atoms with Crippen molar-refractivity contribution >= 4 is 6.29 Å². The second kappa shape index (κ2) is 8.97. The first-order valence-corrected chi connectivity index (χ1v) is 6.92. The average Bonchev–Trinajstić information content (AvgIpc) is 2.45. The van der Waals surface area contributed by atoms with Crippen molar-refractivity contribution in [3.63, 3.8) is 0 Å². The first-order valence-electron chi connectivity index (χ1n) is 6.92. The Hall–Kier alpha value is -2.07. The Bertz CT molecular complexity index is 502. The van der Waals surface area contributed by atoms with Crippen LogP contribution in [0.3, 0.4) is 0 Å². The molecule has 0 fully saturated rings. The zero-order valence-electron chi connectivity index (χ0n) is 12.8. The summed E-state index contributed by atoms with van der Waals surface area (Å²) in [6.07, 6.45) is 4.92. The molecule has 0 aliphatic heterocycles. The number of carbonyl (C=O) groups is 1. The highest BCUT2D eigenvalue weighted by atomic mass is 17.2. The van der Waals surface area contributed by atoms with E-state index in [0.29, 0.717) is 30.1 Å². The maximum absolute atomic E-state index is 10.8. The molecule has 0 aliphatic carbocycles. The van der Waals surface area contributed by atoms with E-state index >= 15 is 0 Å². The molecular formula is C17H22O4. The Morgan fingerprint density at radius 2 is 2.10 bits per heavy atom. The Labute approximate surface area is 125 Å². The molecule has 1 rings (SSSR count). The molecule has 1 aromatic rings. The number of benzene rings is 1. The quantitative estimate of drug-likeness (QED) is 0.297. The molecule has 0 saturated heterocycles. The minimum atomic E-state index is -0.215. The van der Waals surface area contributed by atoms with Crippen molar-refractivity contribution in [2.24, 2.45) is 0 Å². The van der Waals surface area contributed by atoms with Crippen LogP contribution in [0.4, 0.5) is 0 Å². The topological polar surface area (TPSA) is 44.8 Å². The minimum absolute atomic E-state index is 0.215. The average molecular weight is 290 g/mol. The van der Waals surface area contributed by atoms with E-state index in [-0.39, 0.29) is 6.10 Å². The number of rotatable bonds is 9. The summed E-state index contributed by atoms with van der Waals surface area (Å²) in [5.74, 6) is 0.926. The summed E-state index contributed by atoms with van der Waals surface area (Å²) in [4.78, 5) is 21.6. The molecule has 0 amide bonds. The molecule has 1 unspecified atom stereocenters. The molecular weight excluding hydrogens is 268 g/mol. The number of carbonyl (C=O) groups excluding carboxylic acids is 1. The first-order chi connectivity index (χ1) is 10.1. The van der Waals surface area contributed by atoms with Crippen LogP contribution in [0.1, 0.15) is 37.6 Å². The van der Waals surface area contributed by atoms with Crippen LogP contribution in [-0.4, -0.2) is 19.0 Å². The number of allylic oxidation sites excluding steroid dienone is 1. The van der Waals surface area contributed by atoms with Crippen molar-refractivity contribution in [2.75, 3.05) is 6.61 Å². The normalized spacial score (nSPS) is 11.4. The van der Waals surface area contributed by atoms with Crippen molar-refractivity contribution < 1.29 is 19.3 Å². The van der Waals surface area contributed by atoms with Crippen LogP contribution in [0, 0.1) is 0 Å². The van der Waals surface area contributed by atoms with E-state index in [1.165, 1.54) is 0 Å². The van der Waals surface area contributed by atoms with Crippen LogP contribution >= 0.6 is 0 Å². The summed E-state index contributed by atoms with van der Waals surface area (Å²) in [6, 6.07) is 4.93. The molecule has 1 aromatic carbocycles. The lowest BCUT2D eigenvalue weighted by atomic mass is 10.2. The van der Waals surface area contributed by atoms with Gasteiger partial charge in [-0.25, -0.2) is 0 Å². The number of aldehydes is 1. The van der Waals surface area contributed by atoms with Crippen LogP contribution in [0.5, 0.6) is 11.5 Å². The molecule has 0 spiro atoms. The Morgan fingerprint density at radius 1 is 1.33 bits per heavy atom. The van der Waals surface area contributed by atoms with Crippen molar-refractivity contribution in [3.8, 4) is 11.5 Å². The first kappa shape index (κ1) is 17.0. The van der Waals surface area contributed by atoms with E-state index in [4.69, 9.17) is 14.5 Å². The summed E-state index contributed by atoms with van der Waals surface area (Å²) >= 11 is 0. The zero-order valence-corrected chi connectivity index (χ0v) is 12.8. The Balaban J connectivity index is 2.83. The third-order valence-electron chi connectivity index (χ3n) is 2.58. The highest BCUT2D eigenvalue weighted by Crippen LogP contribution is 2.28. The third-order valence-corrected chi connectivity index (χ3v) is 2.58. The monoisotopic (exact) mass is 290 g/mol. The Kier molecular flexibility index (Phi) is 7.26. The van der Waals surface area contributed by atoms with Gasteiger partial charge in [0, 0.05) is 5.56 Å². The van der Waals surface area contributed by atoms with Gasteiger partial charge in [0.2, 0.25) is 5.75 Å². The van der Waals surface area contributed by atoms with Gasteiger partial charge in [0.25, 0.3) is 0 Å². The maximum Gasteiger partial charge on any atom is 0.207 e. The van der Waals surface area contributed by atoms with Crippen molar-refractivity contribution in [2.45, 2.75) is 33.3 Å². The molecule has 0 heterocycles. The molecule has 0 saturated carbocycles. The number of hydrogen-bond donors (Lipinski definition) is 0. The lowest BCUT2D eigenvalue weighted by molar-refractivity contribution is -0.231. The van der Waals surface area contributed by atoms with E-state index in [1.807, 2.05) is 26.8 Å². The summed E-state index contributed by atoms with van der Waals surface area (Å²) < 4.78 is 5.45. The van der Waals surface area contributed by atoms with Gasteiger partial charge in [-0.05, 0) is 45.4 Å². The van der Waals surface area contributed by atoms with E-state index in [0.717, 1.165) is 11.9 Å². The van der Waals surface area contributed by atoms with Gasteiger partial charge in [0.15, 0.2) is 5.75 Å². The predicted octanol–water partition coefficient (Wildman–Crippen LogP) is 4.12. The fourth-order valence-corrected chi connectivity index (χ4v) is 1.72. The Morgan fingerprint density at radius 3 is 2.67 bits per heavy atom. The van der Waals surface area contributed by atoms with Crippen molar-refractivity contribution in [3.05, 3.63) is 48.1 Å². The second-order valence-electron chi connectivity index (χ2n) is 4.74. The molecule has 21 heavy (non-hydrogen) atoms. The van der Waals surface area contributed by atoms with Crippen molar-refractivity contribution in [1.29, 1.82) is 0 Å². The highest BCUT2D eigenvalue weighted by Gasteiger charge is 2.11. The second-order valence-corrected chi connectivity index (χ2v) is 4.74.